The average molecular weight is 354 g/mol. The molecular formula is C16H20BrNOS. The number of benzene rings is 1. The first-order valence-electron chi connectivity index (χ1n) is 6.82. The van der Waals surface area contributed by atoms with Crippen LogP contribution in [0.25, 0.3) is 0 Å². The molecule has 1 unspecified atom stereocenters. The molecule has 1 heterocycles. The molecule has 1 aromatic rings. The molecule has 2 rings (SSSR count). The van der Waals surface area contributed by atoms with E-state index in [0.29, 0.717) is 11.4 Å². The van der Waals surface area contributed by atoms with Crippen molar-refractivity contribution in [2.24, 2.45) is 0 Å². The Morgan fingerprint density at radius 3 is 3.10 bits per heavy atom. The second-order valence-corrected chi connectivity index (χ2v) is 7.85. The van der Waals surface area contributed by atoms with E-state index in [-0.39, 0.29) is 0 Å². The van der Waals surface area contributed by atoms with Gasteiger partial charge in [0.05, 0.1) is 0 Å². The van der Waals surface area contributed by atoms with Gasteiger partial charge in [-0.25, -0.2) is 0 Å². The van der Waals surface area contributed by atoms with Gasteiger partial charge in [-0.3, -0.25) is 0 Å². The van der Waals surface area contributed by atoms with E-state index in [2.05, 4.69) is 51.9 Å². The SMILES string of the molecule is C#CCOc1ccc(Br)cc1CNCC1(C)CCCS1. The number of hydrogen-bond acceptors (Lipinski definition) is 3. The van der Waals surface area contributed by atoms with Crippen LogP contribution in [-0.2, 0) is 6.54 Å². The number of ether oxygens (including phenoxy) is 1. The number of rotatable bonds is 6. The molecule has 108 valence electrons. The summed E-state index contributed by atoms with van der Waals surface area (Å²) in [6, 6.07) is 6.02. The molecule has 0 aromatic heterocycles. The van der Waals surface area contributed by atoms with Crippen molar-refractivity contribution in [2.45, 2.75) is 31.1 Å². The Morgan fingerprint density at radius 1 is 1.55 bits per heavy atom. The number of halogens is 1. The lowest BCUT2D eigenvalue weighted by atomic mass is 10.1. The van der Waals surface area contributed by atoms with Crippen LogP contribution in [0.15, 0.2) is 22.7 Å². The molecule has 0 bridgehead atoms. The van der Waals surface area contributed by atoms with Crippen LogP contribution in [-0.4, -0.2) is 23.7 Å². The minimum absolute atomic E-state index is 0.308. The summed E-state index contributed by atoms with van der Waals surface area (Å²) in [5.41, 5.74) is 1.14. The average Bonchev–Trinajstić information content (AvgIpc) is 2.85. The monoisotopic (exact) mass is 353 g/mol. The first kappa shape index (κ1) is 15.8. The smallest absolute Gasteiger partial charge is 0.148 e. The van der Waals surface area contributed by atoms with Crippen molar-refractivity contribution >= 4 is 27.7 Å². The van der Waals surface area contributed by atoms with Crippen LogP contribution in [0.2, 0.25) is 0 Å². The highest BCUT2D eigenvalue weighted by atomic mass is 79.9. The maximum atomic E-state index is 5.59. The minimum atomic E-state index is 0.308. The predicted octanol–water partition coefficient (Wildman–Crippen LogP) is 3.84. The molecule has 1 aliphatic rings. The van der Waals surface area contributed by atoms with Crippen LogP contribution in [0, 0.1) is 12.3 Å². The van der Waals surface area contributed by atoms with Gasteiger partial charge in [0.1, 0.15) is 12.4 Å². The molecule has 0 radical (unpaired) electrons. The third-order valence-electron chi connectivity index (χ3n) is 3.45. The molecule has 0 amide bonds. The summed E-state index contributed by atoms with van der Waals surface area (Å²) in [4.78, 5) is 0. The van der Waals surface area contributed by atoms with E-state index in [1.807, 2.05) is 12.1 Å². The van der Waals surface area contributed by atoms with Gasteiger partial charge in [0.15, 0.2) is 0 Å². The molecule has 1 aromatic carbocycles. The Bertz CT molecular complexity index is 492. The molecule has 1 aliphatic heterocycles. The molecule has 1 atom stereocenters. The largest absolute Gasteiger partial charge is 0.481 e. The van der Waals surface area contributed by atoms with Gasteiger partial charge >= 0.3 is 0 Å². The van der Waals surface area contributed by atoms with Gasteiger partial charge in [0, 0.05) is 27.9 Å². The third kappa shape index (κ3) is 4.44. The molecule has 1 N–H and O–H groups in total. The third-order valence-corrected chi connectivity index (χ3v) is 5.48. The fourth-order valence-corrected chi connectivity index (χ4v) is 4.07. The Balaban J connectivity index is 1.93. The fraction of sp³-hybridized carbons (Fsp3) is 0.500. The van der Waals surface area contributed by atoms with Gasteiger partial charge in [-0.1, -0.05) is 21.9 Å². The van der Waals surface area contributed by atoms with Crippen LogP contribution in [0.4, 0.5) is 0 Å². The Kier molecular flexibility index (Phi) is 5.83. The van der Waals surface area contributed by atoms with E-state index >= 15 is 0 Å². The number of thioether (sulfide) groups is 1. The van der Waals surface area contributed by atoms with Gasteiger partial charge in [-0.05, 0) is 43.7 Å². The van der Waals surface area contributed by atoms with E-state index in [1.165, 1.54) is 18.6 Å². The Hall–Kier alpha value is -0.630. The van der Waals surface area contributed by atoms with Gasteiger partial charge in [0.2, 0.25) is 0 Å². The molecule has 0 saturated carbocycles. The highest BCUT2D eigenvalue weighted by Crippen LogP contribution is 2.37. The zero-order chi connectivity index (χ0) is 14.4. The second kappa shape index (κ2) is 7.40. The summed E-state index contributed by atoms with van der Waals surface area (Å²) in [7, 11) is 0. The minimum Gasteiger partial charge on any atom is -0.481 e. The van der Waals surface area contributed by atoms with Crippen LogP contribution in [0.5, 0.6) is 5.75 Å². The Morgan fingerprint density at radius 2 is 2.40 bits per heavy atom. The lowest BCUT2D eigenvalue weighted by Gasteiger charge is -2.23. The zero-order valence-electron chi connectivity index (χ0n) is 11.7. The lowest BCUT2D eigenvalue weighted by Crippen LogP contribution is -2.32. The molecule has 0 spiro atoms. The van der Waals surface area contributed by atoms with Crippen molar-refractivity contribution in [3.05, 3.63) is 28.2 Å². The van der Waals surface area contributed by atoms with E-state index in [4.69, 9.17) is 11.2 Å². The maximum absolute atomic E-state index is 5.59. The quantitative estimate of drug-likeness (QED) is 0.785. The number of hydrogen-bond donors (Lipinski definition) is 1. The highest BCUT2D eigenvalue weighted by molar-refractivity contribution is 9.10. The summed E-state index contributed by atoms with van der Waals surface area (Å²) < 4.78 is 7.03. The second-order valence-electron chi connectivity index (χ2n) is 5.25. The summed E-state index contributed by atoms with van der Waals surface area (Å²) in [6.45, 7) is 4.48. The standard InChI is InChI=1S/C16H20BrNOS/c1-3-8-19-15-6-5-14(17)10-13(15)11-18-12-16(2)7-4-9-20-16/h1,5-6,10,18H,4,7-9,11-12H2,2H3. The van der Waals surface area contributed by atoms with Crippen LogP contribution < -0.4 is 10.1 Å². The van der Waals surface area contributed by atoms with Crippen molar-refractivity contribution in [2.75, 3.05) is 18.9 Å². The lowest BCUT2D eigenvalue weighted by molar-refractivity contribution is 0.364. The normalized spacial score (nSPS) is 21.6. The Labute approximate surface area is 134 Å². The van der Waals surface area contributed by atoms with Crippen molar-refractivity contribution in [1.29, 1.82) is 0 Å². The van der Waals surface area contributed by atoms with Crippen molar-refractivity contribution in [3.63, 3.8) is 0 Å². The van der Waals surface area contributed by atoms with E-state index in [0.717, 1.165) is 28.9 Å². The first-order chi connectivity index (χ1) is 9.63. The molecule has 1 saturated heterocycles. The van der Waals surface area contributed by atoms with E-state index in [1.54, 1.807) is 0 Å². The van der Waals surface area contributed by atoms with Gasteiger partial charge in [-0.15, -0.1) is 6.42 Å². The van der Waals surface area contributed by atoms with Crippen molar-refractivity contribution in [1.82, 2.24) is 5.32 Å². The van der Waals surface area contributed by atoms with E-state index < -0.39 is 0 Å². The summed E-state index contributed by atoms with van der Waals surface area (Å²) in [5.74, 6) is 4.65. The van der Waals surface area contributed by atoms with Crippen molar-refractivity contribution in [3.8, 4) is 18.1 Å². The zero-order valence-corrected chi connectivity index (χ0v) is 14.1. The highest BCUT2D eigenvalue weighted by Gasteiger charge is 2.28. The summed E-state index contributed by atoms with van der Waals surface area (Å²) >= 11 is 5.58. The summed E-state index contributed by atoms with van der Waals surface area (Å²) in [6.07, 6.45) is 7.88. The molecule has 0 aliphatic carbocycles. The molecular weight excluding hydrogens is 334 g/mol. The molecule has 20 heavy (non-hydrogen) atoms. The number of terminal acetylenes is 1. The molecule has 1 fully saturated rings. The van der Waals surface area contributed by atoms with Crippen molar-refractivity contribution < 1.29 is 4.74 Å². The molecule has 2 nitrogen and oxygen atoms in total. The van der Waals surface area contributed by atoms with Crippen LogP contribution in [0.3, 0.4) is 0 Å². The first-order valence-corrected chi connectivity index (χ1v) is 8.60. The van der Waals surface area contributed by atoms with E-state index in [9.17, 15) is 0 Å². The molecule has 4 heteroatoms. The van der Waals surface area contributed by atoms with Crippen LogP contribution >= 0.6 is 27.7 Å². The van der Waals surface area contributed by atoms with Gasteiger partial charge in [-0.2, -0.15) is 11.8 Å². The fourth-order valence-electron chi connectivity index (χ4n) is 2.38. The predicted molar refractivity (Wildman–Crippen MR) is 90.3 cm³/mol. The van der Waals surface area contributed by atoms with Gasteiger partial charge in [0.25, 0.3) is 0 Å². The number of nitrogens with one attached hydrogen (secondary N) is 1. The summed E-state index contributed by atoms with van der Waals surface area (Å²) in [5, 5.41) is 3.55. The van der Waals surface area contributed by atoms with Gasteiger partial charge < -0.3 is 10.1 Å². The maximum Gasteiger partial charge on any atom is 0.148 e. The topological polar surface area (TPSA) is 21.3 Å². The van der Waals surface area contributed by atoms with Crippen LogP contribution in [0.1, 0.15) is 25.3 Å².